The topological polar surface area (TPSA) is 140 Å². The number of aliphatic hydroxyl groups is 3. The van der Waals surface area contributed by atoms with E-state index in [4.69, 9.17) is 19.9 Å². The van der Waals surface area contributed by atoms with Gasteiger partial charge in [-0.05, 0) is 16.8 Å². The number of aliphatic hydroxyl groups excluding tert-OH is 3. The molecule has 31 heavy (non-hydrogen) atoms. The van der Waals surface area contributed by atoms with Gasteiger partial charge >= 0.3 is 0 Å². The molecule has 1 aliphatic rings. The number of rotatable bonds is 6. The Morgan fingerprint density at radius 1 is 1.06 bits per heavy atom. The predicted octanol–water partition coefficient (Wildman–Crippen LogP) is 0.850. The normalized spacial score (nSPS) is 26.3. The van der Waals surface area contributed by atoms with Crippen LogP contribution in [0.3, 0.4) is 0 Å². The molecule has 164 valence electrons. The molecule has 1 aliphatic heterocycles. The maximum Gasteiger partial charge on any atom is 0.220 e. The standard InChI is InChI=1S/C22H25N3O6/c1-29-21-19(28)20(18(27)17(10-26)31-21)30-11-13-9-16(25-22(23)24-13)15-8-4-6-12-5-2-3-7-14(12)15/h2-9,17-21,26-28H,10-11H2,1H3,(H2,23,24,25)/t17-,18+,19-,20+,21-/m1/s1. The zero-order chi connectivity index (χ0) is 22.0. The van der Waals surface area contributed by atoms with Crippen LogP contribution in [0.25, 0.3) is 22.0 Å². The molecule has 9 nitrogen and oxygen atoms in total. The van der Waals surface area contributed by atoms with E-state index in [9.17, 15) is 15.3 Å². The molecule has 1 fully saturated rings. The minimum Gasteiger partial charge on any atom is -0.394 e. The second-order valence-electron chi connectivity index (χ2n) is 7.35. The van der Waals surface area contributed by atoms with Gasteiger partial charge in [0, 0.05) is 12.7 Å². The van der Waals surface area contributed by atoms with Crippen molar-refractivity contribution in [2.75, 3.05) is 19.5 Å². The van der Waals surface area contributed by atoms with Crippen LogP contribution in [-0.2, 0) is 20.8 Å². The number of anilines is 1. The summed E-state index contributed by atoms with van der Waals surface area (Å²) in [4.78, 5) is 8.59. The molecule has 2 aromatic carbocycles. The van der Waals surface area contributed by atoms with E-state index in [0.29, 0.717) is 11.4 Å². The van der Waals surface area contributed by atoms with Crippen molar-refractivity contribution >= 4 is 16.7 Å². The van der Waals surface area contributed by atoms with Crippen LogP contribution < -0.4 is 5.73 Å². The van der Waals surface area contributed by atoms with Gasteiger partial charge in [-0.3, -0.25) is 0 Å². The van der Waals surface area contributed by atoms with E-state index in [-0.39, 0.29) is 12.6 Å². The SMILES string of the molecule is CO[C@@H]1O[C@H](CO)[C@H](O)[C@H](OCc2cc(-c3cccc4ccccc34)nc(N)n2)[C@H]1O. The molecule has 5 atom stereocenters. The second-order valence-corrected chi connectivity index (χ2v) is 7.35. The molecule has 1 aromatic heterocycles. The Labute approximate surface area is 179 Å². The lowest BCUT2D eigenvalue weighted by atomic mass is 9.99. The Bertz CT molecular complexity index is 1030. The molecule has 0 spiro atoms. The average Bonchev–Trinajstić information content (AvgIpc) is 2.78. The van der Waals surface area contributed by atoms with Gasteiger partial charge < -0.3 is 35.3 Å². The summed E-state index contributed by atoms with van der Waals surface area (Å²) in [6.07, 6.45) is -5.52. The van der Waals surface area contributed by atoms with Crippen molar-refractivity contribution in [1.29, 1.82) is 0 Å². The minimum absolute atomic E-state index is 0.0438. The molecule has 0 saturated carbocycles. The van der Waals surface area contributed by atoms with Crippen LogP contribution in [0.15, 0.2) is 48.5 Å². The van der Waals surface area contributed by atoms with Gasteiger partial charge in [0.15, 0.2) is 6.29 Å². The first-order valence-corrected chi connectivity index (χ1v) is 9.90. The molecule has 5 N–H and O–H groups in total. The number of ether oxygens (including phenoxy) is 3. The Morgan fingerprint density at radius 3 is 2.61 bits per heavy atom. The number of nitrogens with zero attached hydrogens (tertiary/aromatic N) is 2. The summed E-state index contributed by atoms with van der Waals surface area (Å²) >= 11 is 0. The number of fused-ring (bicyclic) bond motifs is 1. The lowest BCUT2D eigenvalue weighted by Gasteiger charge is -2.41. The highest BCUT2D eigenvalue weighted by Crippen LogP contribution is 2.29. The van der Waals surface area contributed by atoms with Crippen molar-refractivity contribution in [3.05, 3.63) is 54.2 Å². The van der Waals surface area contributed by atoms with Gasteiger partial charge in [-0.1, -0.05) is 42.5 Å². The molecule has 9 heteroatoms. The van der Waals surface area contributed by atoms with E-state index in [1.54, 1.807) is 6.07 Å². The number of hydrogen-bond acceptors (Lipinski definition) is 9. The first kappa shape index (κ1) is 21.6. The summed E-state index contributed by atoms with van der Waals surface area (Å²) < 4.78 is 16.2. The predicted molar refractivity (Wildman–Crippen MR) is 113 cm³/mol. The summed E-state index contributed by atoms with van der Waals surface area (Å²) in [6, 6.07) is 15.6. The third kappa shape index (κ3) is 4.38. The molecule has 0 amide bonds. The zero-order valence-corrected chi connectivity index (χ0v) is 17.0. The zero-order valence-electron chi connectivity index (χ0n) is 17.0. The van der Waals surface area contributed by atoms with Crippen LogP contribution in [0.1, 0.15) is 5.69 Å². The van der Waals surface area contributed by atoms with Crippen molar-refractivity contribution in [3.8, 4) is 11.3 Å². The summed E-state index contributed by atoms with van der Waals surface area (Å²) in [5.74, 6) is 0.0834. The van der Waals surface area contributed by atoms with Crippen LogP contribution in [0.2, 0.25) is 0 Å². The fourth-order valence-corrected chi connectivity index (χ4v) is 3.81. The number of methoxy groups -OCH3 is 1. The first-order chi connectivity index (χ1) is 15.0. The number of hydrogen-bond donors (Lipinski definition) is 4. The first-order valence-electron chi connectivity index (χ1n) is 9.90. The van der Waals surface area contributed by atoms with E-state index >= 15 is 0 Å². The molecule has 1 saturated heterocycles. The lowest BCUT2D eigenvalue weighted by Crippen LogP contribution is -2.59. The molecular weight excluding hydrogens is 402 g/mol. The van der Waals surface area contributed by atoms with Gasteiger partial charge in [0.05, 0.1) is 24.6 Å². The number of benzene rings is 2. The van der Waals surface area contributed by atoms with E-state index in [0.717, 1.165) is 16.3 Å². The Balaban J connectivity index is 1.59. The Kier molecular flexibility index (Phi) is 6.42. The van der Waals surface area contributed by atoms with Gasteiger partial charge in [0.2, 0.25) is 5.95 Å². The third-order valence-corrected chi connectivity index (χ3v) is 5.34. The van der Waals surface area contributed by atoms with Gasteiger partial charge in [-0.15, -0.1) is 0 Å². The quantitative estimate of drug-likeness (QED) is 0.451. The monoisotopic (exact) mass is 427 g/mol. The van der Waals surface area contributed by atoms with Crippen molar-refractivity contribution < 1.29 is 29.5 Å². The van der Waals surface area contributed by atoms with Gasteiger partial charge in [-0.25, -0.2) is 9.97 Å². The summed E-state index contributed by atoms with van der Waals surface area (Å²) in [5, 5.41) is 32.4. The van der Waals surface area contributed by atoms with E-state index < -0.39 is 37.3 Å². The highest BCUT2D eigenvalue weighted by atomic mass is 16.7. The average molecular weight is 427 g/mol. The smallest absolute Gasteiger partial charge is 0.220 e. The molecule has 4 rings (SSSR count). The molecule has 0 radical (unpaired) electrons. The number of aromatic nitrogens is 2. The molecule has 0 bridgehead atoms. The Morgan fingerprint density at radius 2 is 1.84 bits per heavy atom. The van der Waals surface area contributed by atoms with Crippen molar-refractivity contribution in [2.45, 2.75) is 37.3 Å². The maximum atomic E-state index is 10.4. The van der Waals surface area contributed by atoms with Crippen LogP contribution in [0.5, 0.6) is 0 Å². The molecular formula is C22H25N3O6. The lowest BCUT2D eigenvalue weighted by molar-refractivity contribution is -0.303. The minimum atomic E-state index is -1.25. The summed E-state index contributed by atoms with van der Waals surface area (Å²) in [5.41, 5.74) is 7.96. The van der Waals surface area contributed by atoms with Crippen molar-refractivity contribution in [2.24, 2.45) is 0 Å². The molecule has 3 aromatic rings. The third-order valence-electron chi connectivity index (χ3n) is 5.34. The van der Waals surface area contributed by atoms with Gasteiger partial charge in [0.25, 0.3) is 0 Å². The molecule has 0 unspecified atom stereocenters. The van der Waals surface area contributed by atoms with Gasteiger partial charge in [0.1, 0.15) is 24.4 Å². The van der Waals surface area contributed by atoms with E-state index in [2.05, 4.69) is 9.97 Å². The largest absolute Gasteiger partial charge is 0.394 e. The Hall–Kier alpha value is -2.66. The fraction of sp³-hybridized carbons (Fsp3) is 0.364. The fourth-order valence-electron chi connectivity index (χ4n) is 3.81. The second kappa shape index (κ2) is 9.23. The van der Waals surface area contributed by atoms with E-state index in [1.807, 2.05) is 42.5 Å². The highest BCUT2D eigenvalue weighted by Gasteiger charge is 2.45. The van der Waals surface area contributed by atoms with E-state index in [1.165, 1.54) is 7.11 Å². The van der Waals surface area contributed by atoms with Crippen molar-refractivity contribution in [3.63, 3.8) is 0 Å². The van der Waals surface area contributed by atoms with Crippen LogP contribution in [0.4, 0.5) is 5.95 Å². The van der Waals surface area contributed by atoms with Crippen molar-refractivity contribution in [1.82, 2.24) is 9.97 Å². The highest BCUT2D eigenvalue weighted by molar-refractivity contribution is 5.95. The van der Waals surface area contributed by atoms with Crippen LogP contribution >= 0.6 is 0 Å². The number of nitrogen functional groups attached to an aromatic ring is 1. The maximum absolute atomic E-state index is 10.4. The molecule has 2 heterocycles. The van der Waals surface area contributed by atoms with Crippen LogP contribution in [0, 0.1) is 0 Å². The number of nitrogens with two attached hydrogens (primary N) is 1. The molecule has 0 aliphatic carbocycles. The summed E-state index contributed by atoms with van der Waals surface area (Å²) in [7, 11) is 1.36. The van der Waals surface area contributed by atoms with Gasteiger partial charge in [-0.2, -0.15) is 0 Å². The van der Waals surface area contributed by atoms with Crippen LogP contribution in [-0.4, -0.2) is 69.7 Å². The summed E-state index contributed by atoms with van der Waals surface area (Å²) in [6.45, 7) is -0.489.